The van der Waals surface area contributed by atoms with Crippen LogP contribution in [0.1, 0.15) is 46.1 Å². The second kappa shape index (κ2) is 5.31. The molecule has 2 heteroatoms. The van der Waals surface area contributed by atoms with Crippen LogP contribution in [-0.2, 0) is 5.41 Å². The maximum Gasteiger partial charge on any atom is 0.119 e. The van der Waals surface area contributed by atoms with Gasteiger partial charge in [0.05, 0.1) is 6.10 Å². The molecule has 2 atom stereocenters. The van der Waals surface area contributed by atoms with E-state index >= 15 is 0 Å². The predicted molar refractivity (Wildman–Crippen MR) is 76.3 cm³/mol. The largest absolute Gasteiger partial charge is 0.491 e. The Balaban J connectivity index is 2.18. The summed E-state index contributed by atoms with van der Waals surface area (Å²) < 4.78 is 5.70. The van der Waals surface area contributed by atoms with E-state index in [1.807, 2.05) is 0 Å². The van der Waals surface area contributed by atoms with E-state index in [-0.39, 0.29) is 11.5 Å². The van der Waals surface area contributed by atoms with Crippen molar-refractivity contribution < 1.29 is 4.74 Å². The summed E-state index contributed by atoms with van der Waals surface area (Å²) in [6.45, 7) is 9.88. The summed E-state index contributed by atoms with van der Waals surface area (Å²) in [5, 5.41) is 3.61. The first kappa shape index (κ1) is 13.4. The molecule has 0 spiro atoms. The van der Waals surface area contributed by atoms with E-state index in [9.17, 15) is 0 Å². The van der Waals surface area contributed by atoms with Gasteiger partial charge in [-0.1, -0.05) is 26.0 Å². The fourth-order valence-corrected chi connectivity index (χ4v) is 3.03. The summed E-state index contributed by atoms with van der Waals surface area (Å²) in [5.74, 6) is 0.969. The first-order valence-electron chi connectivity index (χ1n) is 7.07. The monoisotopic (exact) mass is 247 g/mol. The third kappa shape index (κ3) is 2.54. The Kier molecular flexibility index (Phi) is 3.96. The molecule has 0 radical (unpaired) electrons. The Bertz CT molecular complexity index is 385. The van der Waals surface area contributed by atoms with Gasteiger partial charge in [-0.15, -0.1) is 0 Å². The Hall–Kier alpha value is -1.02. The molecule has 18 heavy (non-hydrogen) atoms. The highest BCUT2D eigenvalue weighted by atomic mass is 16.5. The molecule has 1 N–H and O–H groups in total. The van der Waals surface area contributed by atoms with Gasteiger partial charge >= 0.3 is 0 Å². The van der Waals surface area contributed by atoms with Crippen LogP contribution in [0.2, 0.25) is 0 Å². The lowest BCUT2D eigenvalue weighted by molar-refractivity contribution is 0.242. The van der Waals surface area contributed by atoms with Gasteiger partial charge in [-0.3, -0.25) is 0 Å². The Labute approximate surface area is 111 Å². The van der Waals surface area contributed by atoms with Crippen molar-refractivity contribution in [3.8, 4) is 5.75 Å². The molecule has 1 heterocycles. The molecule has 2 nitrogen and oxygen atoms in total. The lowest BCUT2D eigenvalue weighted by Gasteiger charge is -2.31. The summed E-state index contributed by atoms with van der Waals surface area (Å²) in [4.78, 5) is 0. The Morgan fingerprint density at radius 1 is 1.33 bits per heavy atom. The van der Waals surface area contributed by atoms with Gasteiger partial charge in [0.1, 0.15) is 5.75 Å². The van der Waals surface area contributed by atoms with E-state index in [0.717, 1.165) is 12.3 Å². The maximum atomic E-state index is 5.70. The second-order valence-corrected chi connectivity index (χ2v) is 5.77. The number of ether oxygens (including phenoxy) is 1. The molecule has 1 aliphatic heterocycles. The summed E-state index contributed by atoms with van der Waals surface area (Å²) in [6, 6.07) is 9.26. The molecule has 1 aliphatic rings. The molecular formula is C16H25NO. The Morgan fingerprint density at radius 3 is 2.56 bits per heavy atom. The summed E-state index contributed by atoms with van der Waals surface area (Å²) >= 11 is 0. The van der Waals surface area contributed by atoms with Crippen molar-refractivity contribution in [3.63, 3.8) is 0 Å². The first-order valence-corrected chi connectivity index (χ1v) is 7.07. The average Bonchev–Trinajstić information content (AvgIpc) is 2.72. The normalized spacial score (nSPS) is 27.7. The van der Waals surface area contributed by atoms with E-state index in [1.165, 1.54) is 18.4 Å². The number of nitrogens with one attached hydrogen (secondary N) is 1. The Morgan fingerprint density at radius 2 is 2.00 bits per heavy atom. The molecule has 100 valence electrons. The van der Waals surface area contributed by atoms with Crippen LogP contribution in [0.25, 0.3) is 0 Å². The minimum absolute atomic E-state index is 0.239. The fraction of sp³-hybridized carbons (Fsp3) is 0.625. The molecule has 0 saturated carbocycles. The lowest BCUT2D eigenvalue weighted by atomic mass is 9.75. The van der Waals surface area contributed by atoms with Crippen LogP contribution in [0.4, 0.5) is 0 Å². The summed E-state index contributed by atoms with van der Waals surface area (Å²) in [7, 11) is 0. The highest BCUT2D eigenvalue weighted by Crippen LogP contribution is 2.37. The SMILES string of the molecule is CCC1NCCC1(C)c1ccc(OC(C)C)cc1. The minimum Gasteiger partial charge on any atom is -0.491 e. The highest BCUT2D eigenvalue weighted by Gasteiger charge is 2.38. The van der Waals surface area contributed by atoms with Gasteiger partial charge < -0.3 is 10.1 Å². The molecule has 1 saturated heterocycles. The molecule has 1 aromatic carbocycles. The molecular weight excluding hydrogens is 222 g/mol. The van der Waals surface area contributed by atoms with Crippen molar-refractivity contribution in [2.45, 2.75) is 58.1 Å². The van der Waals surface area contributed by atoms with Crippen LogP contribution in [-0.4, -0.2) is 18.7 Å². The van der Waals surface area contributed by atoms with Crippen LogP contribution < -0.4 is 10.1 Å². The fourth-order valence-electron chi connectivity index (χ4n) is 3.03. The summed E-state index contributed by atoms with van der Waals surface area (Å²) in [5.41, 5.74) is 1.70. The van der Waals surface area contributed by atoms with E-state index in [4.69, 9.17) is 4.74 Å². The topological polar surface area (TPSA) is 21.3 Å². The third-order valence-corrected chi connectivity index (χ3v) is 4.10. The highest BCUT2D eigenvalue weighted by molar-refractivity contribution is 5.34. The van der Waals surface area contributed by atoms with Crippen LogP contribution in [0.3, 0.4) is 0 Å². The van der Waals surface area contributed by atoms with E-state index < -0.39 is 0 Å². The number of benzene rings is 1. The van der Waals surface area contributed by atoms with E-state index in [2.05, 4.69) is 57.3 Å². The van der Waals surface area contributed by atoms with Crippen LogP contribution in [0, 0.1) is 0 Å². The first-order chi connectivity index (χ1) is 8.56. The molecule has 0 bridgehead atoms. The maximum absolute atomic E-state index is 5.70. The minimum atomic E-state index is 0.239. The molecule has 1 fully saturated rings. The van der Waals surface area contributed by atoms with E-state index in [0.29, 0.717) is 6.04 Å². The zero-order valence-corrected chi connectivity index (χ0v) is 12.0. The zero-order chi connectivity index (χ0) is 13.2. The molecule has 2 unspecified atom stereocenters. The second-order valence-electron chi connectivity index (χ2n) is 5.77. The van der Waals surface area contributed by atoms with Crippen LogP contribution in [0.15, 0.2) is 24.3 Å². The van der Waals surface area contributed by atoms with Gasteiger partial charge in [0, 0.05) is 11.5 Å². The van der Waals surface area contributed by atoms with Crippen molar-refractivity contribution in [3.05, 3.63) is 29.8 Å². The zero-order valence-electron chi connectivity index (χ0n) is 12.0. The number of hydrogen-bond acceptors (Lipinski definition) is 2. The molecule has 2 rings (SSSR count). The summed E-state index contributed by atoms with van der Waals surface area (Å²) in [6.07, 6.45) is 2.64. The van der Waals surface area contributed by atoms with Crippen molar-refractivity contribution in [2.75, 3.05) is 6.54 Å². The van der Waals surface area contributed by atoms with E-state index in [1.54, 1.807) is 0 Å². The van der Waals surface area contributed by atoms with Crippen molar-refractivity contribution in [1.29, 1.82) is 0 Å². The molecule has 1 aromatic rings. The van der Waals surface area contributed by atoms with Gasteiger partial charge in [-0.05, 0) is 50.9 Å². The quantitative estimate of drug-likeness (QED) is 0.879. The van der Waals surface area contributed by atoms with Crippen LogP contribution >= 0.6 is 0 Å². The smallest absolute Gasteiger partial charge is 0.119 e. The standard InChI is InChI=1S/C16H25NO/c1-5-15-16(4,10-11-17-15)13-6-8-14(9-7-13)18-12(2)3/h6-9,12,15,17H,5,10-11H2,1-4H3. The lowest BCUT2D eigenvalue weighted by Crippen LogP contribution is -2.37. The van der Waals surface area contributed by atoms with Crippen molar-refractivity contribution in [1.82, 2.24) is 5.32 Å². The van der Waals surface area contributed by atoms with Gasteiger partial charge in [-0.25, -0.2) is 0 Å². The predicted octanol–water partition coefficient (Wildman–Crippen LogP) is 3.50. The molecule has 0 amide bonds. The van der Waals surface area contributed by atoms with Gasteiger partial charge in [0.25, 0.3) is 0 Å². The third-order valence-electron chi connectivity index (χ3n) is 4.10. The van der Waals surface area contributed by atoms with Crippen molar-refractivity contribution in [2.24, 2.45) is 0 Å². The number of rotatable bonds is 4. The molecule has 0 aliphatic carbocycles. The average molecular weight is 247 g/mol. The van der Waals surface area contributed by atoms with Gasteiger partial charge in [0.2, 0.25) is 0 Å². The molecule has 0 aromatic heterocycles. The van der Waals surface area contributed by atoms with Crippen molar-refractivity contribution >= 4 is 0 Å². The van der Waals surface area contributed by atoms with Gasteiger partial charge in [0.15, 0.2) is 0 Å². The van der Waals surface area contributed by atoms with Crippen LogP contribution in [0.5, 0.6) is 5.75 Å². The number of hydrogen-bond donors (Lipinski definition) is 1. The van der Waals surface area contributed by atoms with Gasteiger partial charge in [-0.2, -0.15) is 0 Å².